The van der Waals surface area contributed by atoms with Gasteiger partial charge in [0, 0.05) is 5.54 Å². The monoisotopic (exact) mass is 181 g/mol. The first-order valence-electron chi connectivity index (χ1n) is 5.83. The third-order valence-corrected chi connectivity index (χ3v) is 4.37. The molecule has 1 nitrogen and oxygen atoms in total. The fourth-order valence-electron chi connectivity index (χ4n) is 3.48. The molecule has 1 heteroatoms. The molecule has 0 bridgehead atoms. The lowest BCUT2D eigenvalue weighted by Gasteiger charge is -2.55. The summed E-state index contributed by atoms with van der Waals surface area (Å²) in [6, 6.07) is 0. The molecular weight excluding hydrogens is 158 g/mol. The number of likely N-dealkylation sites (tertiary alicyclic amines) is 1. The van der Waals surface area contributed by atoms with Crippen molar-refractivity contribution in [3.63, 3.8) is 0 Å². The van der Waals surface area contributed by atoms with Gasteiger partial charge in [0.1, 0.15) is 0 Å². The highest BCUT2D eigenvalue weighted by atomic mass is 15.2. The van der Waals surface area contributed by atoms with Crippen molar-refractivity contribution in [1.29, 1.82) is 0 Å². The van der Waals surface area contributed by atoms with Gasteiger partial charge in [0.25, 0.3) is 0 Å². The Morgan fingerprint density at radius 2 is 1.85 bits per heavy atom. The first-order valence-corrected chi connectivity index (χ1v) is 5.83. The van der Waals surface area contributed by atoms with Crippen molar-refractivity contribution in [3.05, 3.63) is 0 Å². The average Bonchev–Trinajstić information content (AvgIpc) is 2.00. The van der Waals surface area contributed by atoms with E-state index in [1.807, 2.05) is 0 Å². The van der Waals surface area contributed by atoms with E-state index >= 15 is 0 Å². The maximum Gasteiger partial charge on any atom is 0.0158 e. The van der Waals surface area contributed by atoms with Crippen LogP contribution in [0.1, 0.15) is 52.9 Å². The maximum atomic E-state index is 2.65. The minimum Gasteiger partial charge on any atom is -0.298 e. The largest absolute Gasteiger partial charge is 0.298 e. The second-order valence-corrected chi connectivity index (χ2v) is 5.67. The smallest absolute Gasteiger partial charge is 0.0158 e. The average molecular weight is 181 g/mol. The van der Waals surface area contributed by atoms with Gasteiger partial charge in [-0.25, -0.2) is 0 Å². The number of hydrogen-bond donors (Lipinski definition) is 0. The Labute approximate surface area is 82.5 Å². The van der Waals surface area contributed by atoms with Gasteiger partial charge in [-0.2, -0.15) is 0 Å². The summed E-state index contributed by atoms with van der Waals surface area (Å²) in [6.07, 6.45) is 7.41. The van der Waals surface area contributed by atoms with Crippen LogP contribution in [0.25, 0.3) is 0 Å². The van der Waals surface area contributed by atoms with Crippen LogP contribution in [0, 0.1) is 5.41 Å². The van der Waals surface area contributed by atoms with Crippen LogP contribution in [0.2, 0.25) is 0 Å². The molecule has 1 aliphatic carbocycles. The van der Waals surface area contributed by atoms with Gasteiger partial charge in [-0.15, -0.1) is 0 Å². The van der Waals surface area contributed by atoms with Crippen molar-refractivity contribution in [2.75, 3.05) is 13.1 Å². The summed E-state index contributed by atoms with van der Waals surface area (Å²) in [5.74, 6) is 0. The minimum absolute atomic E-state index is 0.466. The van der Waals surface area contributed by atoms with Crippen molar-refractivity contribution in [1.82, 2.24) is 4.90 Å². The zero-order chi connectivity index (χ0) is 9.53. The Kier molecular flexibility index (Phi) is 2.18. The van der Waals surface area contributed by atoms with E-state index in [0.29, 0.717) is 5.54 Å². The third-order valence-electron chi connectivity index (χ3n) is 4.37. The number of nitrogens with zero attached hydrogens (tertiary/aromatic N) is 1. The summed E-state index contributed by atoms with van der Waals surface area (Å²) in [6.45, 7) is 9.71. The van der Waals surface area contributed by atoms with E-state index in [1.54, 1.807) is 0 Å². The minimum atomic E-state index is 0.466. The van der Waals surface area contributed by atoms with Crippen LogP contribution in [-0.4, -0.2) is 23.5 Å². The van der Waals surface area contributed by atoms with Crippen LogP contribution >= 0.6 is 0 Å². The van der Waals surface area contributed by atoms with Crippen LogP contribution in [0.3, 0.4) is 0 Å². The molecule has 0 atom stereocenters. The molecule has 0 amide bonds. The first-order chi connectivity index (χ1) is 6.08. The van der Waals surface area contributed by atoms with Crippen LogP contribution in [0.15, 0.2) is 0 Å². The maximum absolute atomic E-state index is 2.65. The van der Waals surface area contributed by atoms with Crippen molar-refractivity contribution in [2.45, 2.75) is 58.4 Å². The van der Waals surface area contributed by atoms with Gasteiger partial charge in [0.05, 0.1) is 0 Å². The topological polar surface area (TPSA) is 3.24 Å². The predicted octanol–water partition coefficient (Wildman–Crippen LogP) is 3.05. The molecule has 2 aliphatic rings. The molecule has 2 fully saturated rings. The molecule has 0 N–H and O–H groups in total. The second kappa shape index (κ2) is 2.98. The fraction of sp³-hybridized carbons (Fsp3) is 1.00. The van der Waals surface area contributed by atoms with Crippen molar-refractivity contribution in [3.8, 4) is 0 Å². The Hall–Kier alpha value is -0.0400. The van der Waals surface area contributed by atoms with Crippen LogP contribution in [0.4, 0.5) is 0 Å². The molecule has 2 rings (SSSR count). The molecule has 0 aromatic heterocycles. The number of hydrogen-bond acceptors (Lipinski definition) is 1. The Bertz CT molecular complexity index is 191. The van der Waals surface area contributed by atoms with Crippen LogP contribution in [-0.2, 0) is 0 Å². The molecule has 1 spiro atoms. The Morgan fingerprint density at radius 1 is 1.15 bits per heavy atom. The zero-order valence-electron chi connectivity index (χ0n) is 9.40. The SMILES string of the molecule is CCN1CCC2(CCC2)CC1(C)C. The summed E-state index contributed by atoms with van der Waals surface area (Å²) in [7, 11) is 0. The van der Waals surface area contributed by atoms with E-state index in [-0.39, 0.29) is 0 Å². The molecule has 1 aliphatic heterocycles. The molecule has 0 aromatic carbocycles. The van der Waals surface area contributed by atoms with Gasteiger partial charge in [0.15, 0.2) is 0 Å². The summed E-state index contributed by atoms with van der Waals surface area (Å²) < 4.78 is 0. The van der Waals surface area contributed by atoms with E-state index in [0.717, 1.165) is 5.41 Å². The third kappa shape index (κ3) is 1.52. The summed E-state index contributed by atoms with van der Waals surface area (Å²) in [4.78, 5) is 2.65. The summed E-state index contributed by atoms with van der Waals surface area (Å²) >= 11 is 0. The lowest BCUT2D eigenvalue weighted by Crippen LogP contribution is -2.55. The number of rotatable bonds is 1. The van der Waals surface area contributed by atoms with Gasteiger partial charge in [-0.1, -0.05) is 13.3 Å². The van der Waals surface area contributed by atoms with E-state index in [9.17, 15) is 0 Å². The molecule has 0 unspecified atom stereocenters. The fourth-order valence-corrected chi connectivity index (χ4v) is 3.48. The summed E-state index contributed by atoms with van der Waals surface area (Å²) in [5, 5.41) is 0. The molecule has 13 heavy (non-hydrogen) atoms. The van der Waals surface area contributed by atoms with Crippen molar-refractivity contribution >= 4 is 0 Å². The molecular formula is C12H23N. The van der Waals surface area contributed by atoms with E-state index < -0.39 is 0 Å². The predicted molar refractivity (Wildman–Crippen MR) is 56.8 cm³/mol. The van der Waals surface area contributed by atoms with Crippen LogP contribution < -0.4 is 0 Å². The van der Waals surface area contributed by atoms with Gasteiger partial charge in [0.2, 0.25) is 0 Å². The molecule has 76 valence electrons. The van der Waals surface area contributed by atoms with E-state index in [1.165, 1.54) is 45.2 Å². The van der Waals surface area contributed by atoms with Gasteiger partial charge < -0.3 is 0 Å². The van der Waals surface area contributed by atoms with E-state index in [2.05, 4.69) is 25.7 Å². The van der Waals surface area contributed by atoms with Gasteiger partial charge >= 0.3 is 0 Å². The standard InChI is InChI=1S/C12H23N/c1-4-13-9-8-12(6-5-7-12)10-11(13,2)3/h4-10H2,1-3H3. The van der Waals surface area contributed by atoms with Crippen LogP contribution in [0.5, 0.6) is 0 Å². The van der Waals surface area contributed by atoms with Gasteiger partial charge in [-0.3, -0.25) is 4.90 Å². The Balaban J connectivity index is 2.05. The lowest BCUT2D eigenvalue weighted by molar-refractivity contribution is -0.0419. The molecule has 1 saturated carbocycles. The Morgan fingerprint density at radius 3 is 2.23 bits per heavy atom. The van der Waals surface area contributed by atoms with Crippen molar-refractivity contribution in [2.24, 2.45) is 5.41 Å². The number of piperidine rings is 1. The highest BCUT2D eigenvalue weighted by Crippen LogP contribution is 2.53. The highest BCUT2D eigenvalue weighted by molar-refractivity contribution is 5.00. The van der Waals surface area contributed by atoms with Gasteiger partial charge in [-0.05, 0) is 58.0 Å². The van der Waals surface area contributed by atoms with E-state index in [4.69, 9.17) is 0 Å². The second-order valence-electron chi connectivity index (χ2n) is 5.67. The molecule has 1 heterocycles. The normalized spacial score (nSPS) is 31.6. The zero-order valence-corrected chi connectivity index (χ0v) is 9.40. The first kappa shape index (κ1) is 9.51. The molecule has 1 saturated heterocycles. The molecule has 0 aromatic rings. The summed E-state index contributed by atoms with van der Waals surface area (Å²) in [5.41, 5.74) is 1.24. The molecule has 0 radical (unpaired) electrons. The van der Waals surface area contributed by atoms with Crippen molar-refractivity contribution < 1.29 is 0 Å². The lowest BCUT2D eigenvalue weighted by atomic mass is 9.59. The quantitative estimate of drug-likeness (QED) is 0.601. The highest BCUT2D eigenvalue weighted by Gasteiger charge is 2.46.